The second kappa shape index (κ2) is 4.55. The maximum absolute atomic E-state index is 6.17. The number of nitrogens with zero attached hydrogens (tertiary/aromatic N) is 1. The van der Waals surface area contributed by atoms with Gasteiger partial charge in [-0.05, 0) is 25.1 Å². The first-order chi connectivity index (χ1) is 8.72. The van der Waals surface area contributed by atoms with Gasteiger partial charge in [-0.1, -0.05) is 12.1 Å². The van der Waals surface area contributed by atoms with Crippen LogP contribution in [0, 0.1) is 6.92 Å². The highest BCUT2D eigenvalue weighted by Crippen LogP contribution is 2.25. The second-order valence-electron chi connectivity index (χ2n) is 4.38. The van der Waals surface area contributed by atoms with Crippen LogP contribution in [-0.4, -0.2) is 4.98 Å². The van der Waals surface area contributed by atoms with E-state index in [0.717, 1.165) is 28.3 Å². The minimum atomic E-state index is -0.0528. The number of aryl methyl sites for hydroxylation is 1. The number of fused-ring (bicyclic) bond motifs is 1. The number of hydrogen-bond acceptors (Lipinski definition) is 4. The quantitative estimate of drug-likeness (QED) is 0.783. The summed E-state index contributed by atoms with van der Waals surface area (Å²) in [6.45, 7) is 1.92. The van der Waals surface area contributed by atoms with Crippen molar-refractivity contribution in [2.75, 3.05) is 0 Å². The Hall–Kier alpha value is -1.65. The van der Waals surface area contributed by atoms with Gasteiger partial charge in [-0.2, -0.15) is 0 Å². The fourth-order valence-corrected chi connectivity index (χ4v) is 3.00. The van der Waals surface area contributed by atoms with Crippen molar-refractivity contribution in [3.63, 3.8) is 0 Å². The summed E-state index contributed by atoms with van der Waals surface area (Å²) in [6.07, 6.45) is 2.48. The molecule has 92 valence electrons. The molecule has 1 aromatic carbocycles. The van der Waals surface area contributed by atoms with Gasteiger partial charge in [-0.3, -0.25) is 0 Å². The van der Waals surface area contributed by atoms with Crippen molar-refractivity contribution in [1.29, 1.82) is 0 Å². The highest BCUT2D eigenvalue weighted by molar-refractivity contribution is 7.18. The van der Waals surface area contributed by atoms with Gasteiger partial charge in [0.1, 0.15) is 5.76 Å². The molecule has 2 N–H and O–H groups in total. The molecular formula is C14H14N2OS. The molecule has 0 amide bonds. The van der Waals surface area contributed by atoms with Crippen molar-refractivity contribution in [2.24, 2.45) is 5.73 Å². The molecule has 1 atom stereocenters. The van der Waals surface area contributed by atoms with E-state index < -0.39 is 0 Å². The highest BCUT2D eigenvalue weighted by Gasteiger charge is 2.12. The molecule has 0 bridgehead atoms. The van der Waals surface area contributed by atoms with Crippen molar-refractivity contribution >= 4 is 21.6 Å². The second-order valence-corrected chi connectivity index (χ2v) is 5.49. The van der Waals surface area contributed by atoms with Crippen LogP contribution in [-0.2, 0) is 6.42 Å². The Labute approximate surface area is 109 Å². The van der Waals surface area contributed by atoms with Crippen LogP contribution in [0.4, 0.5) is 0 Å². The molecule has 3 aromatic rings. The zero-order valence-electron chi connectivity index (χ0n) is 10.1. The number of rotatable bonds is 3. The molecule has 4 heteroatoms. The predicted molar refractivity (Wildman–Crippen MR) is 73.7 cm³/mol. The van der Waals surface area contributed by atoms with Gasteiger partial charge in [0.15, 0.2) is 0 Å². The van der Waals surface area contributed by atoms with Gasteiger partial charge in [0.05, 0.1) is 21.5 Å². The van der Waals surface area contributed by atoms with E-state index in [4.69, 9.17) is 10.2 Å². The number of furan rings is 1. The van der Waals surface area contributed by atoms with Crippen LogP contribution < -0.4 is 5.73 Å². The van der Waals surface area contributed by atoms with Gasteiger partial charge < -0.3 is 10.2 Å². The molecule has 0 aliphatic carbocycles. The molecule has 18 heavy (non-hydrogen) atoms. The summed E-state index contributed by atoms with van der Waals surface area (Å²) in [7, 11) is 0. The van der Waals surface area contributed by atoms with Crippen LogP contribution >= 0.6 is 11.3 Å². The van der Waals surface area contributed by atoms with E-state index in [9.17, 15) is 0 Å². The maximum atomic E-state index is 6.17. The fraction of sp³-hybridized carbons (Fsp3) is 0.214. The third kappa shape index (κ3) is 2.17. The van der Waals surface area contributed by atoms with E-state index in [0.29, 0.717) is 0 Å². The van der Waals surface area contributed by atoms with Crippen molar-refractivity contribution in [2.45, 2.75) is 19.4 Å². The zero-order chi connectivity index (χ0) is 12.5. The lowest BCUT2D eigenvalue weighted by molar-refractivity contribution is 0.528. The molecule has 3 rings (SSSR count). The topological polar surface area (TPSA) is 52.0 Å². The van der Waals surface area contributed by atoms with Gasteiger partial charge in [0.25, 0.3) is 0 Å². The number of aromatic nitrogens is 1. The Morgan fingerprint density at radius 2 is 2.22 bits per heavy atom. The normalized spacial score (nSPS) is 13.0. The Morgan fingerprint density at radius 3 is 2.94 bits per heavy atom. The minimum Gasteiger partial charge on any atom is -0.469 e. The van der Waals surface area contributed by atoms with E-state index >= 15 is 0 Å². The number of nitrogens with two attached hydrogens (primary N) is 1. The molecule has 0 saturated heterocycles. The lowest BCUT2D eigenvalue weighted by Gasteiger charge is -2.05. The zero-order valence-corrected chi connectivity index (χ0v) is 10.9. The largest absolute Gasteiger partial charge is 0.469 e. The molecule has 0 aliphatic heterocycles. The van der Waals surface area contributed by atoms with Gasteiger partial charge >= 0.3 is 0 Å². The average molecular weight is 258 g/mol. The van der Waals surface area contributed by atoms with Crippen LogP contribution in [0.15, 0.2) is 41.0 Å². The Morgan fingerprint density at radius 1 is 1.39 bits per heavy atom. The molecule has 0 radical (unpaired) electrons. The molecule has 0 saturated carbocycles. The standard InChI is InChI=1S/C14H14N2OS/c1-9-6-10(8-17-9)11(15)7-14-16-12-4-2-3-5-13(12)18-14/h2-6,8,11H,7,15H2,1H3. The molecule has 0 fully saturated rings. The number of benzene rings is 1. The molecule has 2 aromatic heterocycles. The molecule has 2 heterocycles. The summed E-state index contributed by atoms with van der Waals surface area (Å²) in [5.41, 5.74) is 8.25. The van der Waals surface area contributed by atoms with Crippen molar-refractivity contribution in [3.8, 4) is 0 Å². The molecule has 1 unspecified atom stereocenters. The SMILES string of the molecule is Cc1cc(C(N)Cc2nc3ccccc3s2)co1. The van der Waals surface area contributed by atoms with Crippen molar-refractivity contribution in [1.82, 2.24) is 4.98 Å². The smallest absolute Gasteiger partial charge is 0.101 e. The number of hydrogen-bond donors (Lipinski definition) is 1. The van der Waals surface area contributed by atoms with Crippen LogP contribution in [0.5, 0.6) is 0 Å². The van der Waals surface area contributed by atoms with E-state index in [1.165, 1.54) is 4.70 Å². The van der Waals surface area contributed by atoms with Gasteiger partial charge in [-0.25, -0.2) is 4.98 Å². The van der Waals surface area contributed by atoms with Crippen molar-refractivity contribution in [3.05, 3.63) is 52.9 Å². The third-order valence-electron chi connectivity index (χ3n) is 2.91. The summed E-state index contributed by atoms with van der Waals surface area (Å²) in [4.78, 5) is 4.59. The van der Waals surface area contributed by atoms with Crippen LogP contribution in [0.1, 0.15) is 22.4 Å². The molecule has 0 aliphatic rings. The summed E-state index contributed by atoms with van der Waals surface area (Å²) in [6, 6.07) is 10.1. The molecular weight excluding hydrogens is 244 g/mol. The van der Waals surface area contributed by atoms with Gasteiger partial charge in [-0.15, -0.1) is 11.3 Å². The van der Waals surface area contributed by atoms with Gasteiger partial charge in [0, 0.05) is 18.0 Å². The van der Waals surface area contributed by atoms with E-state index in [1.54, 1.807) is 17.6 Å². The van der Waals surface area contributed by atoms with Crippen LogP contribution in [0.2, 0.25) is 0 Å². The Bertz CT molecular complexity index is 638. The maximum Gasteiger partial charge on any atom is 0.101 e. The summed E-state index contributed by atoms with van der Waals surface area (Å²) >= 11 is 1.71. The van der Waals surface area contributed by atoms with Crippen LogP contribution in [0.25, 0.3) is 10.2 Å². The first kappa shape index (κ1) is 11.4. The summed E-state index contributed by atoms with van der Waals surface area (Å²) < 4.78 is 6.50. The third-order valence-corrected chi connectivity index (χ3v) is 3.97. The Kier molecular flexibility index (Phi) is 2.89. The first-order valence-electron chi connectivity index (χ1n) is 5.87. The average Bonchev–Trinajstić information content (AvgIpc) is 2.94. The van der Waals surface area contributed by atoms with Crippen molar-refractivity contribution < 1.29 is 4.42 Å². The lowest BCUT2D eigenvalue weighted by Crippen LogP contribution is -2.12. The highest BCUT2D eigenvalue weighted by atomic mass is 32.1. The van der Waals surface area contributed by atoms with Gasteiger partial charge in [0.2, 0.25) is 0 Å². The predicted octanol–water partition coefficient (Wildman–Crippen LogP) is 3.44. The first-order valence-corrected chi connectivity index (χ1v) is 6.69. The number of thiazole rings is 1. The van der Waals surface area contributed by atoms with E-state index in [2.05, 4.69) is 11.1 Å². The van der Waals surface area contributed by atoms with E-state index in [1.807, 2.05) is 31.2 Å². The minimum absolute atomic E-state index is 0.0528. The van der Waals surface area contributed by atoms with E-state index in [-0.39, 0.29) is 6.04 Å². The van der Waals surface area contributed by atoms with Crippen LogP contribution in [0.3, 0.4) is 0 Å². The molecule has 3 nitrogen and oxygen atoms in total. The molecule has 0 spiro atoms. The number of para-hydroxylation sites is 1. The summed E-state index contributed by atoms with van der Waals surface area (Å²) in [5.74, 6) is 0.893. The fourth-order valence-electron chi connectivity index (χ4n) is 1.97. The summed E-state index contributed by atoms with van der Waals surface area (Å²) in [5, 5.41) is 1.07. The lowest BCUT2D eigenvalue weighted by atomic mass is 10.1. The Balaban J connectivity index is 1.83. The monoisotopic (exact) mass is 258 g/mol.